The first-order valence-corrected chi connectivity index (χ1v) is 12.2. The fraction of sp³-hybridized carbons (Fsp3) is 0.148. The number of amides is 2. The Hall–Kier alpha value is -3.55. The molecule has 0 saturated heterocycles. The lowest BCUT2D eigenvalue weighted by atomic mass is 10.1. The number of anilines is 2. The van der Waals surface area contributed by atoms with Crippen molar-refractivity contribution in [3.8, 4) is 17.6 Å². The zero-order chi connectivity index (χ0) is 26.2. The molecule has 2 N–H and O–H groups in total. The molecule has 3 aromatic carbocycles. The Bertz CT molecular complexity index is 1360. The molecule has 3 aromatic rings. The summed E-state index contributed by atoms with van der Waals surface area (Å²) in [5.41, 5.74) is 3.62. The molecule has 0 spiro atoms. The summed E-state index contributed by atoms with van der Waals surface area (Å²) in [4.78, 5) is 25.0. The Balaban J connectivity index is 1.73. The number of nitrogens with one attached hydrogen (secondary N) is 2. The molecule has 36 heavy (non-hydrogen) atoms. The topological polar surface area (TPSA) is 100 Å². The third kappa shape index (κ3) is 7.23. The van der Waals surface area contributed by atoms with E-state index in [1.807, 2.05) is 60.7 Å². The maximum atomic E-state index is 12.6. The second kappa shape index (κ2) is 12.4. The van der Waals surface area contributed by atoms with E-state index in [2.05, 4.69) is 10.6 Å². The quantitative estimate of drug-likeness (QED) is 0.180. The molecule has 2 amide bonds. The summed E-state index contributed by atoms with van der Waals surface area (Å²) >= 11 is 8.15. The number of carbonyl (C=O) groups excluding carboxylic acids is 2. The van der Waals surface area contributed by atoms with Crippen LogP contribution in [0.2, 0.25) is 5.02 Å². The van der Waals surface area contributed by atoms with Gasteiger partial charge in [0.25, 0.3) is 11.8 Å². The largest absolute Gasteiger partial charge is 0.493 e. The number of aryl methyl sites for hydroxylation is 2. The number of rotatable bonds is 8. The van der Waals surface area contributed by atoms with Crippen molar-refractivity contribution in [3.63, 3.8) is 0 Å². The second-order valence-electron chi connectivity index (χ2n) is 7.82. The van der Waals surface area contributed by atoms with Gasteiger partial charge in [0.05, 0.1) is 10.7 Å². The van der Waals surface area contributed by atoms with Crippen LogP contribution in [0.4, 0.5) is 11.4 Å². The molecule has 9 heteroatoms. The molecule has 0 bridgehead atoms. The highest BCUT2D eigenvalue weighted by Gasteiger charge is 2.15. The Kier molecular flexibility index (Phi) is 9.33. The van der Waals surface area contributed by atoms with Crippen LogP contribution in [0.25, 0.3) is 6.08 Å². The van der Waals surface area contributed by atoms with E-state index in [-0.39, 0.29) is 18.1 Å². The summed E-state index contributed by atoms with van der Waals surface area (Å²) in [5.74, 6) is -0.162. The van der Waals surface area contributed by atoms with Crippen LogP contribution >= 0.6 is 34.2 Å². The van der Waals surface area contributed by atoms with E-state index in [9.17, 15) is 14.9 Å². The molecule has 0 fully saturated rings. The minimum atomic E-state index is -0.525. The fourth-order valence-corrected chi connectivity index (χ4v) is 4.08. The summed E-state index contributed by atoms with van der Waals surface area (Å²) in [6.07, 6.45) is 1.46. The lowest BCUT2D eigenvalue weighted by Crippen LogP contribution is -2.20. The number of ether oxygens (including phenoxy) is 2. The van der Waals surface area contributed by atoms with Gasteiger partial charge in [0.1, 0.15) is 11.6 Å². The number of hydrogen-bond donors (Lipinski definition) is 2. The van der Waals surface area contributed by atoms with Gasteiger partial charge >= 0.3 is 0 Å². The first-order chi connectivity index (χ1) is 17.2. The van der Waals surface area contributed by atoms with Gasteiger partial charge < -0.3 is 20.1 Å². The molecule has 184 valence electrons. The van der Waals surface area contributed by atoms with Crippen molar-refractivity contribution in [1.29, 1.82) is 5.26 Å². The van der Waals surface area contributed by atoms with Gasteiger partial charge in [0.2, 0.25) is 0 Å². The Morgan fingerprint density at radius 2 is 1.75 bits per heavy atom. The van der Waals surface area contributed by atoms with Crippen LogP contribution in [0.5, 0.6) is 11.5 Å². The van der Waals surface area contributed by atoms with Gasteiger partial charge in [-0.2, -0.15) is 5.26 Å². The average Bonchev–Trinajstić information content (AvgIpc) is 2.85. The predicted octanol–water partition coefficient (Wildman–Crippen LogP) is 6.13. The molecule has 0 aliphatic rings. The lowest BCUT2D eigenvalue weighted by Gasteiger charge is -2.14. The van der Waals surface area contributed by atoms with Crippen molar-refractivity contribution in [2.45, 2.75) is 13.8 Å². The molecule has 0 saturated carbocycles. The van der Waals surface area contributed by atoms with Crippen LogP contribution in [0.1, 0.15) is 16.7 Å². The first-order valence-electron chi connectivity index (χ1n) is 10.8. The Labute approximate surface area is 228 Å². The number of nitrogens with zero attached hydrogens (tertiary/aromatic N) is 1. The number of halogens is 2. The number of nitriles is 1. The monoisotopic (exact) mass is 615 g/mol. The zero-order valence-electron chi connectivity index (χ0n) is 19.8. The third-order valence-corrected chi connectivity index (χ3v) is 6.25. The van der Waals surface area contributed by atoms with E-state index in [1.165, 1.54) is 13.2 Å². The number of hydrogen-bond acceptors (Lipinski definition) is 5. The molecule has 0 unspecified atom stereocenters. The smallest absolute Gasteiger partial charge is 0.266 e. The molecule has 0 radical (unpaired) electrons. The molecule has 7 nitrogen and oxygen atoms in total. The van der Waals surface area contributed by atoms with Crippen molar-refractivity contribution >= 4 is 63.5 Å². The fourth-order valence-electron chi connectivity index (χ4n) is 3.12. The molecule has 0 aliphatic heterocycles. The maximum absolute atomic E-state index is 12.6. The highest BCUT2D eigenvalue weighted by Crippen LogP contribution is 2.34. The van der Waals surface area contributed by atoms with Crippen molar-refractivity contribution in [2.24, 2.45) is 0 Å². The standard InChI is InChI=1S/C27H23ClIN3O4/c1-16-4-7-20(8-5-16)32-27(34)19(14-30)10-18-11-23(29)26(24(12-18)35-3)36-15-25(33)31-21-9-6-17(2)22(28)13-21/h4-13H,15H2,1-3H3,(H,31,33)(H,32,34)/b19-10-. The Morgan fingerprint density at radius 3 is 2.39 bits per heavy atom. The maximum Gasteiger partial charge on any atom is 0.266 e. The normalized spacial score (nSPS) is 10.8. The number of benzene rings is 3. The van der Waals surface area contributed by atoms with Crippen molar-refractivity contribution in [3.05, 3.63) is 85.5 Å². The molecule has 0 aliphatic carbocycles. The molecular weight excluding hydrogens is 593 g/mol. The molecule has 3 rings (SSSR count). The molecule has 0 atom stereocenters. The van der Waals surface area contributed by atoms with Crippen LogP contribution < -0.4 is 20.1 Å². The molecule has 0 aromatic heterocycles. The van der Waals surface area contributed by atoms with Crippen molar-refractivity contribution in [2.75, 3.05) is 24.4 Å². The van der Waals surface area contributed by atoms with E-state index in [0.29, 0.717) is 37.0 Å². The highest BCUT2D eigenvalue weighted by molar-refractivity contribution is 14.1. The second-order valence-corrected chi connectivity index (χ2v) is 9.39. The Morgan fingerprint density at radius 1 is 1.06 bits per heavy atom. The van der Waals surface area contributed by atoms with Crippen LogP contribution in [0.15, 0.2) is 60.2 Å². The van der Waals surface area contributed by atoms with Gasteiger partial charge in [-0.15, -0.1) is 0 Å². The van der Waals surface area contributed by atoms with Gasteiger partial charge in [-0.05, 0) is 90.0 Å². The van der Waals surface area contributed by atoms with Crippen molar-refractivity contribution < 1.29 is 19.1 Å². The van der Waals surface area contributed by atoms with E-state index < -0.39 is 5.91 Å². The van der Waals surface area contributed by atoms with E-state index in [4.69, 9.17) is 21.1 Å². The van der Waals surface area contributed by atoms with Crippen LogP contribution in [0, 0.1) is 28.7 Å². The van der Waals surface area contributed by atoms with Crippen LogP contribution in [0.3, 0.4) is 0 Å². The number of methoxy groups -OCH3 is 1. The summed E-state index contributed by atoms with van der Waals surface area (Å²) < 4.78 is 11.8. The van der Waals surface area contributed by atoms with Crippen LogP contribution in [-0.4, -0.2) is 25.5 Å². The summed E-state index contributed by atoms with van der Waals surface area (Å²) in [7, 11) is 1.47. The van der Waals surface area contributed by atoms with Crippen molar-refractivity contribution in [1.82, 2.24) is 0 Å². The average molecular weight is 616 g/mol. The van der Waals surface area contributed by atoms with Gasteiger partial charge in [0.15, 0.2) is 18.1 Å². The van der Waals surface area contributed by atoms with E-state index in [0.717, 1.165) is 11.1 Å². The van der Waals surface area contributed by atoms with E-state index >= 15 is 0 Å². The summed E-state index contributed by atoms with van der Waals surface area (Å²) in [6.45, 7) is 3.57. The minimum absolute atomic E-state index is 0.0711. The van der Waals surface area contributed by atoms with E-state index in [1.54, 1.807) is 36.4 Å². The lowest BCUT2D eigenvalue weighted by molar-refractivity contribution is -0.118. The molecule has 0 heterocycles. The van der Waals surface area contributed by atoms with Gasteiger partial charge in [-0.25, -0.2) is 0 Å². The SMILES string of the molecule is COc1cc(/C=C(/C#N)C(=O)Nc2ccc(C)cc2)cc(I)c1OCC(=O)Nc1ccc(C)c(Cl)c1. The predicted molar refractivity (Wildman–Crippen MR) is 149 cm³/mol. The van der Waals surface area contributed by atoms with Gasteiger partial charge in [-0.1, -0.05) is 35.4 Å². The number of carbonyl (C=O) groups is 2. The minimum Gasteiger partial charge on any atom is -0.493 e. The summed E-state index contributed by atoms with van der Waals surface area (Å²) in [5, 5.41) is 15.5. The third-order valence-electron chi connectivity index (χ3n) is 5.04. The highest BCUT2D eigenvalue weighted by atomic mass is 127. The molecular formula is C27H23ClIN3O4. The summed E-state index contributed by atoms with van der Waals surface area (Å²) in [6, 6.07) is 17.8. The van der Waals surface area contributed by atoms with Gasteiger partial charge in [-0.3, -0.25) is 9.59 Å². The first kappa shape index (κ1) is 27.0. The zero-order valence-corrected chi connectivity index (χ0v) is 22.7. The van der Waals surface area contributed by atoms with Gasteiger partial charge in [0, 0.05) is 16.4 Å². The van der Waals surface area contributed by atoms with Crippen LogP contribution in [-0.2, 0) is 9.59 Å².